The number of piperidine rings is 1. The van der Waals surface area contributed by atoms with Gasteiger partial charge >= 0.3 is 0 Å². The SMILES string of the molecule is COc1cccc(CNC(=O)[C@@]2(C)CCCN(C(=O)c3ccc(Br)o3)C2)c1. The van der Waals surface area contributed by atoms with Crippen LogP contribution < -0.4 is 10.1 Å². The third-order valence-corrected chi connectivity index (χ3v) is 5.33. The first kappa shape index (κ1) is 19.5. The average molecular weight is 435 g/mol. The molecule has 1 aliphatic rings. The average Bonchev–Trinajstić information content (AvgIpc) is 3.12. The lowest BCUT2D eigenvalue weighted by Gasteiger charge is -2.39. The summed E-state index contributed by atoms with van der Waals surface area (Å²) in [6, 6.07) is 10.9. The molecule has 2 heterocycles. The lowest BCUT2D eigenvalue weighted by atomic mass is 9.80. The first-order valence-corrected chi connectivity index (χ1v) is 9.66. The van der Waals surface area contributed by atoms with Crippen LogP contribution in [0.2, 0.25) is 0 Å². The van der Waals surface area contributed by atoms with Crippen molar-refractivity contribution >= 4 is 27.7 Å². The monoisotopic (exact) mass is 434 g/mol. The Balaban J connectivity index is 1.63. The number of halogens is 1. The number of rotatable bonds is 5. The Bertz CT molecular complexity index is 835. The Kier molecular flexibility index (Phi) is 5.89. The molecule has 27 heavy (non-hydrogen) atoms. The minimum Gasteiger partial charge on any atom is -0.497 e. The maximum atomic E-state index is 12.8. The van der Waals surface area contributed by atoms with Gasteiger partial charge in [-0.3, -0.25) is 9.59 Å². The highest BCUT2D eigenvalue weighted by atomic mass is 79.9. The molecule has 1 fully saturated rings. The van der Waals surface area contributed by atoms with E-state index in [1.54, 1.807) is 24.1 Å². The number of ether oxygens (including phenoxy) is 1. The molecule has 6 nitrogen and oxygen atoms in total. The summed E-state index contributed by atoms with van der Waals surface area (Å²) in [5, 5.41) is 3.00. The van der Waals surface area contributed by atoms with Crippen LogP contribution >= 0.6 is 15.9 Å². The molecule has 1 aromatic heterocycles. The van der Waals surface area contributed by atoms with Crippen LogP contribution in [0.15, 0.2) is 45.5 Å². The van der Waals surface area contributed by atoms with E-state index in [1.165, 1.54) is 0 Å². The molecule has 1 atom stereocenters. The fourth-order valence-corrected chi connectivity index (χ4v) is 3.67. The smallest absolute Gasteiger partial charge is 0.289 e. The Morgan fingerprint density at radius 3 is 2.85 bits per heavy atom. The van der Waals surface area contributed by atoms with Crippen LogP contribution in [-0.2, 0) is 11.3 Å². The molecular weight excluding hydrogens is 412 g/mol. The first-order valence-electron chi connectivity index (χ1n) is 8.87. The van der Waals surface area contributed by atoms with Gasteiger partial charge in [-0.15, -0.1) is 0 Å². The summed E-state index contributed by atoms with van der Waals surface area (Å²) < 4.78 is 11.1. The quantitative estimate of drug-likeness (QED) is 0.779. The second kappa shape index (κ2) is 8.17. The lowest BCUT2D eigenvalue weighted by Crippen LogP contribution is -2.51. The summed E-state index contributed by atoms with van der Waals surface area (Å²) in [6.45, 7) is 3.32. The molecule has 2 amide bonds. The summed E-state index contributed by atoms with van der Waals surface area (Å²) in [5.41, 5.74) is 0.340. The van der Waals surface area contributed by atoms with Crippen molar-refractivity contribution in [2.75, 3.05) is 20.2 Å². The maximum absolute atomic E-state index is 12.8. The number of furan rings is 1. The van der Waals surface area contributed by atoms with Crippen LogP contribution in [0.1, 0.15) is 35.9 Å². The molecular formula is C20H23BrN2O4. The van der Waals surface area contributed by atoms with Crippen LogP contribution in [0.4, 0.5) is 0 Å². The van der Waals surface area contributed by atoms with Crippen LogP contribution in [0.3, 0.4) is 0 Å². The molecule has 3 rings (SSSR count). The van der Waals surface area contributed by atoms with Crippen molar-refractivity contribution in [2.45, 2.75) is 26.3 Å². The van der Waals surface area contributed by atoms with Gasteiger partial charge in [0.05, 0.1) is 12.5 Å². The number of likely N-dealkylation sites (tertiary alicyclic amines) is 1. The molecule has 0 spiro atoms. The van der Waals surface area contributed by atoms with Gasteiger partial charge in [0.1, 0.15) is 5.75 Å². The molecule has 0 aliphatic carbocycles. The Labute approximate surface area is 167 Å². The summed E-state index contributed by atoms with van der Waals surface area (Å²) >= 11 is 3.21. The van der Waals surface area contributed by atoms with Crippen molar-refractivity contribution in [3.8, 4) is 5.75 Å². The number of carbonyl (C=O) groups excluding carboxylic acids is 2. The third kappa shape index (κ3) is 4.53. The zero-order chi connectivity index (χ0) is 19.4. The first-order chi connectivity index (χ1) is 12.9. The van der Waals surface area contributed by atoms with Crippen molar-refractivity contribution in [3.63, 3.8) is 0 Å². The highest BCUT2D eigenvalue weighted by Crippen LogP contribution is 2.31. The van der Waals surface area contributed by atoms with E-state index >= 15 is 0 Å². The van der Waals surface area contributed by atoms with Crippen molar-refractivity contribution < 1.29 is 18.7 Å². The van der Waals surface area contributed by atoms with Gasteiger partial charge in [0.15, 0.2) is 10.4 Å². The Morgan fingerprint density at radius 2 is 2.15 bits per heavy atom. The highest BCUT2D eigenvalue weighted by molar-refractivity contribution is 9.10. The minimum absolute atomic E-state index is 0.0524. The number of nitrogens with one attached hydrogen (secondary N) is 1. The number of hydrogen-bond acceptors (Lipinski definition) is 4. The van der Waals surface area contributed by atoms with Gasteiger partial charge in [0.25, 0.3) is 5.91 Å². The second-order valence-corrected chi connectivity index (χ2v) is 7.81. The normalized spacial score (nSPS) is 19.6. The largest absolute Gasteiger partial charge is 0.497 e. The number of methoxy groups -OCH3 is 1. The van der Waals surface area contributed by atoms with Gasteiger partial charge in [-0.25, -0.2) is 0 Å². The highest BCUT2D eigenvalue weighted by Gasteiger charge is 2.39. The molecule has 1 N–H and O–H groups in total. The molecule has 0 unspecified atom stereocenters. The molecule has 0 radical (unpaired) electrons. The Hall–Kier alpha value is -2.28. The van der Waals surface area contributed by atoms with Crippen LogP contribution in [-0.4, -0.2) is 36.9 Å². The number of amides is 2. The van der Waals surface area contributed by atoms with Gasteiger partial charge in [0.2, 0.25) is 5.91 Å². The van der Waals surface area contributed by atoms with Crippen molar-refractivity contribution in [1.29, 1.82) is 0 Å². The standard InChI is InChI=1S/C20H23BrN2O4/c1-20(19(25)22-12-14-5-3-6-15(11-14)26-2)9-4-10-23(13-20)18(24)16-7-8-17(21)27-16/h3,5-8,11H,4,9-10,12-13H2,1-2H3,(H,22,25)/t20-/m0/s1. The third-order valence-electron chi connectivity index (χ3n) is 4.90. The molecule has 1 aliphatic heterocycles. The predicted octanol–water partition coefficient (Wildman–Crippen LogP) is 3.61. The number of carbonyl (C=O) groups is 2. The van der Waals surface area contributed by atoms with Crippen molar-refractivity contribution in [1.82, 2.24) is 10.2 Å². The fraction of sp³-hybridized carbons (Fsp3) is 0.400. The fourth-order valence-electron chi connectivity index (χ4n) is 3.36. The van der Waals surface area contributed by atoms with Crippen LogP contribution in [0.5, 0.6) is 5.75 Å². The van der Waals surface area contributed by atoms with Gasteiger partial charge in [0, 0.05) is 19.6 Å². The molecule has 144 valence electrons. The van der Waals surface area contributed by atoms with E-state index in [2.05, 4.69) is 21.2 Å². The van der Waals surface area contributed by atoms with Crippen LogP contribution in [0, 0.1) is 5.41 Å². The number of benzene rings is 1. The zero-order valence-corrected chi connectivity index (χ0v) is 17.0. The van der Waals surface area contributed by atoms with Crippen LogP contribution in [0.25, 0.3) is 0 Å². The van der Waals surface area contributed by atoms with E-state index in [0.717, 1.165) is 24.2 Å². The van der Waals surface area contributed by atoms with E-state index in [4.69, 9.17) is 9.15 Å². The van der Waals surface area contributed by atoms with Gasteiger partial charge < -0.3 is 19.4 Å². The summed E-state index contributed by atoms with van der Waals surface area (Å²) in [5.74, 6) is 0.797. The van der Waals surface area contributed by atoms with E-state index in [9.17, 15) is 9.59 Å². The second-order valence-electron chi connectivity index (χ2n) is 7.03. The Morgan fingerprint density at radius 1 is 1.33 bits per heavy atom. The number of hydrogen-bond donors (Lipinski definition) is 1. The molecule has 1 aromatic carbocycles. The number of nitrogens with zero attached hydrogens (tertiary/aromatic N) is 1. The van der Waals surface area contributed by atoms with E-state index < -0.39 is 5.41 Å². The van der Waals surface area contributed by atoms with Crippen molar-refractivity contribution in [2.24, 2.45) is 5.41 Å². The summed E-state index contributed by atoms with van der Waals surface area (Å²) in [7, 11) is 1.61. The molecule has 7 heteroatoms. The zero-order valence-electron chi connectivity index (χ0n) is 15.5. The molecule has 2 aromatic rings. The molecule has 0 bridgehead atoms. The van der Waals surface area contributed by atoms with Gasteiger partial charge in [-0.05, 0) is 65.5 Å². The maximum Gasteiger partial charge on any atom is 0.289 e. The molecule has 1 saturated heterocycles. The van der Waals surface area contributed by atoms with Gasteiger partial charge in [-0.1, -0.05) is 12.1 Å². The summed E-state index contributed by atoms with van der Waals surface area (Å²) in [6.07, 6.45) is 1.51. The molecule has 0 saturated carbocycles. The van der Waals surface area contributed by atoms with E-state index in [-0.39, 0.29) is 17.6 Å². The van der Waals surface area contributed by atoms with E-state index in [0.29, 0.717) is 24.3 Å². The lowest BCUT2D eigenvalue weighted by molar-refractivity contribution is -0.132. The van der Waals surface area contributed by atoms with Crippen molar-refractivity contribution in [3.05, 3.63) is 52.4 Å². The topological polar surface area (TPSA) is 71.8 Å². The van der Waals surface area contributed by atoms with Gasteiger partial charge in [-0.2, -0.15) is 0 Å². The minimum atomic E-state index is -0.628. The predicted molar refractivity (Wildman–Crippen MR) is 104 cm³/mol. The van der Waals surface area contributed by atoms with E-state index in [1.807, 2.05) is 31.2 Å². The summed E-state index contributed by atoms with van der Waals surface area (Å²) in [4.78, 5) is 27.2.